The Hall–Kier alpha value is -5.81. The van der Waals surface area contributed by atoms with Crippen LogP contribution >= 0.6 is 0 Å². The van der Waals surface area contributed by atoms with E-state index in [-0.39, 0.29) is 5.41 Å². The lowest BCUT2D eigenvalue weighted by Gasteiger charge is -2.61. The van der Waals surface area contributed by atoms with Crippen molar-refractivity contribution in [1.29, 1.82) is 0 Å². The van der Waals surface area contributed by atoms with Gasteiger partial charge in [-0.25, -0.2) is 24.9 Å². The Labute approximate surface area is 303 Å². The molecule has 5 nitrogen and oxygen atoms in total. The minimum atomic E-state index is 0.103. The highest BCUT2D eigenvalue weighted by molar-refractivity contribution is 5.86. The first kappa shape index (κ1) is 29.9. The van der Waals surface area contributed by atoms with Crippen LogP contribution in [0.4, 0.5) is 0 Å². The lowest BCUT2D eigenvalue weighted by atomic mass is 9.43. The van der Waals surface area contributed by atoms with Crippen LogP contribution in [0.1, 0.15) is 43.2 Å². The van der Waals surface area contributed by atoms with E-state index < -0.39 is 0 Å². The van der Waals surface area contributed by atoms with Gasteiger partial charge < -0.3 is 0 Å². The molecule has 4 bridgehead atoms. The van der Waals surface area contributed by atoms with Crippen molar-refractivity contribution in [3.8, 4) is 67.7 Å². The number of hydrogen-bond acceptors (Lipinski definition) is 5. The third-order valence-electron chi connectivity index (χ3n) is 12.7. The summed E-state index contributed by atoms with van der Waals surface area (Å²) in [7, 11) is 0. The van der Waals surface area contributed by atoms with E-state index in [1.165, 1.54) is 48.8 Å². The van der Waals surface area contributed by atoms with Crippen molar-refractivity contribution in [2.45, 2.75) is 37.5 Å². The molecule has 1 spiro atoms. The van der Waals surface area contributed by atoms with Gasteiger partial charge in [0.05, 0.1) is 5.69 Å². The smallest absolute Gasteiger partial charge is 0.164 e. The molecule has 5 aliphatic carbocycles. The number of hydrogen-bond donors (Lipinski definition) is 0. The Bertz CT molecular complexity index is 2390. The summed E-state index contributed by atoms with van der Waals surface area (Å²) in [5.41, 5.74) is 13.2. The molecular weight excluding hydrogens is 635 g/mol. The molecule has 4 fully saturated rings. The first-order valence-electron chi connectivity index (χ1n) is 18.7. The van der Waals surface area contributed by atoms with Gasteiger partial charge in [-0.3, -0.25) is 0 Å². The van der Waals surface area contributed by atoms with E-state index in [2.05, 4.69) is 94.9 Å². The molecule has 0 N–H and O–H groups in total. The minimum Gasteiger partial charge on any atom is -0.245 e. The minimum absolute atomic E-state index is 0.103. The van der Waals surface area contributed by atoms with Crippen LogP contribution in [0.2, 0.25) is 0 Å². The Kier molecular flexibility index (Phi) is 6.67. The van der Waals surface area contributed by atoms with Crippen molar-refractivity contribution in [3.63, 3.8) is 0 Å². The van der Waals surface area contributed by atoms with Crippen molar-refractivity contribution in [3.05, 3.63) is 151 Å². The fourth-order valence-corrected chi connectivity index (χ4v) is 10.8. The van der Waals surface area contributed by atoms with Crippen LogP contribution in [0, 0.1) is 23.7 Å². The van der Waals surface area contributed by atoms with Gasteiger partial charge in [0.1, 0.15) is 6.33 Å². The largest absolute Gasteiger partial charge is 0.245 e. The van der Waals surface area contributed by atoms with Gasteiger partial charge in [-0.05, 0) is 119 Å². The zero-order chi connectivity index (χ0) is 34.2. The molecule has 5 aromatic carbocycles. The molecule has 0 aliphatic heterocycles. The fourth-order valence-electron chi connectivity index (χ4n) is 10.8. The van der Waals surface area contributed by atoms with Crippen LogP contribution in [-0.2, 0) is 5.41 Å². The van der Waals surface area contributed by atoms with Crippen molar-refractivity contribution in [2.75, 3.05) is 0 Å². The van der Waals surface area contributed by atoms with Crippen LogP contribution in [0.3, 0.4) is 0 Å². The summed E-state index contributed by atoms with van der Waals surface area (Å²) in [6.45, 7) is 0. The van der Waals surface area contributed by atoms with Gasteiger partial charge in [0.25, 0.3) is 0 Å². The molecule has 52 heavy (non-hydrogen) atoms. The molecule has 7 aromatic rings. The highest BCUT2D eigenvalue weighted by atomic mass is 15.0. The first-order valence-corrected chi connectivity index (χ1v) is 18.7. The van der Waals surface area contributed by atoms with Crippen LogP contribution in [0.25, 0.3) is 67.7 Å². The standard InChI is InChI=1S/C47H37N5/c1-3-9-31(10-4-1)44-50-45(32-11-5-2-6-12-32)52-46(51-44)36-25-34(24-35(26-36)43-17-18-48-28-49-43)33-15-16-40-39-13-7-8-14-41(39)47(42(40)27-33)37-20-29-19-30(22-37)23-38(47)21-29/h1-18,24-30,37-38H,19-23H2. The maximum atomic E-state index is 5.12. The summed E-state index contributed by atoms with van der Waals surface area (Å²) in [5, 5.41) is 0. The Morgan fingerprint density at radius 2 is 1.02 bits per heavy atom. The van der Waals surface area contributed by atoms with E-state index in [0.717, 1.165) is 45.3 Å². The number of fused-ring (bicyclic) bond motifs is 3. The summed E-state index contributed by atoms with van der Waals surface area (Å²) >= 11 is 0. The van der Waals surface area contributed by atoms with Gasteiger partial charge in [-0.15, -0.1) is 0 Å². The van der Waals surface area contributed by atoms with E-state index >= 15 is 0 Å². The quantitative estimate of drug-likeness (QED) is 0.182. The highest BCUT2D eigenvalue weighted by Gasteiger charge is 2.61. The highest BCUT2D eigenvalue weighted by Crippen LogP contribution is 2.69. The second kappa shape index (κ2) is 11.6. The number of benzene rings is 5. The molecule has 5 aliphatic rings. The van der Waals surface area contributed by atoms with Gasteiger partial charge in [0, 0.05) is 33.9 Å². The van der Waals surface area contributed by atoms with E-state index in [1.807, 2.05) is 42.5 Å². The fraction of sp³-hybridized carbons (Fsp3) is 0.213. The topological polar surface area (TPSA) is 64.5 Å². The van der Waals surface area contributed by atoms with E-state index in [9.17, 15) is 0 Å². The van der Waals surface area contributed by atoms with E-state index in [1.54, 1.807) is 23.7 Å². The number of rotatable bonds is 5. The molecule has 0 radical (unpaired) electrons. The third-order valence-corrected chi connectivity index (χ3v) is 12.7. The van der Waals surface area contributed by atoms with Crippen LogP contribution < -0.4 is 0 Å². The molecule has 250 valence electrons. The van der Waals surface area contributed by atoms with Gasteiger partial charge >= 0.3 is 0 Å². The second-order valence-corrected chi connectivity index (χ2v) is 15.4. The van der Waals surface area contributed by atoms with Crippen molar-refractivity contribution in [2.24, 2.45) is 23.7 Å². The SMILES string of the molecule is c1ccc(-c2nc(-c3ccccc3)nc(-c3cc(-c4ccc5c(c4)C4(c6ccccc6-5)C5CC6CC(C5)CC4C6)cc(-c4ccncn4)c3)n2)cc1. The Morgan fingerprint density at radius 1 is 0.442 bits per heavy atom. The molecule has 2 aromatic heterocycles. The van der Waals surface area contributed by atoms with E-state index in [4.69, 9.17) is 15.0 Å². The summed E-state index contributed by atoms with van der Waals surface area (Å²) in [4.78, 5) is 24.1. The molecule has 0 amide bonds. The zero-order valence-corrected chi connectivity index (χ0v) is 28.9. The second-order valence-electron chi connectivity index (χ2n) is 15.4. The molecule has 12 rings (SSSR count). The van der Waals surface area contributed by atoms with Gasteiger partial charge in [0.15, 0.2) is 17.5 Å². The lowest BCUT2D eigenvalue weighted by molar-refractivity contribution is -0.0399. The first-order chi connectivity index (χ1) is 25.7. The van der Waals surface area contributed by atoms with Crippen molar-refractivity contribution in [1.82, 2.24) is 24.9 Å². The lowest BCUT2D eigenvalue weighted by Crippen LogP contribution is -2.55. The van der Waals surface area contributed by atoms with Crippen molar-refractivity contribution < 1.29 is 0 Å². The third kappa shape index (κ3) is 4.58. The van der Waals surface area contributed by atoms with Gasteiger partial charge in [-0.1, -0.05) is 97.1 Å². The average molecular weight is 672 g/mol. The zero-order valence-electron chi connectivity index (χ0n) is 28.9. The molecular formula is C47H37N5. The maximum Gasteiger partial charge on any atom is 0.164 e. The summed E-state index contributed by atoms with van der Waals surface area (Å²) in [5.74, 6) is 5.17. The van der Waals surface area contributed by atoms with Crippen LogP contribution in [-0.4, -0.2) is 24.9 Å². The number of aromatic nitrogens is 5. The van der Waals surface area contributed by atoms with Crippen molar-refractivity contribution >= 4 is 0 Å². The normalized spacial score (nSPS) is 23.5. The summed E-state index contributed by atoms with van der Waals surface area (Å²) < 4.78 is 0. The molecule has 0 saturated heterocycles. The van der Waals surface area contributed by atoms with Gasteiger partial charge in [-0.2, -0.15) is 0 Å². The molecule has 0 atom stereocenters. The molecule has 2 heterocycles. The van der Waals surface area contributed by atoms with Crippen LogP contribution in [0.5, 0.6) is 0 Å². The summed E-state index contributed by atoms with van der Waals surface area (Å²) in [6.07, 6.45) is 10.3. The Morgan fingerprint density at radius 3 is 1.67 bits per heavy atom. The Balaban J connectivity index is 1.11. The predicted molar refractivity (Wildman–Crippen MR) is 206 cm³/mol. The van der Waals surface area contributed by atoms with E-state index in [0.29, 0.717) is 29.3 Å². The van der Waals surface area contributed by atoms with Crippen LogP contribution in [0.15, 0.2) is 140 Å². The molecule has 0 unspecified atom stereocenters. The number of nitrogens with zero attached hydrogens (tertiary/aromatic N) is 5. The van der Waals surface area contributed by atoms with Gasteiger partial charge in [0.2, 0.25) is 0 Å². The predicted octanol–water partition coefficient (Wildman–Crippen LogP) is 10.7. The molecule has 4 saturated carbocycles. The monoisotopic (exact) mass is 671 g/mol. The summed E-state index contributed by atoms with van der Waals surface area (Å²) in [6, 6.07) is 45.6. The average Bonchev–Trinajstić information content (AvgIpc) is 3.50. The maximum absolute atomic E-state index is 5.12. The molecule has 5 heteroatoms.